The molecule has 138 valence electrons. The molecular weight excluding hydrogens is 361 g/mol. The lowest BCUT2D eigenvalue weighted by atomic mass is 10.2. The number of hydrogen-bond donors (Lipinski definition) is 2. The predicted molar refractivity (Wildman–Crippen MR) is 91.0 cm³/mol. The van der Waals surface area contributed by atoms with Crippen LogP contribution in [0, 0.1) is 22.7 Å². The van der Waals surface area contributed by atoms with Gasteiger partial charge in [-0.25, -0.2) is 0 Å². The molecular formula is C18H13F3N4O2. The van der Waals surface area contributed by atoms with Gasteiger partial charge in [-0.3, -0.25) is 4.79 Å². The van der Waals surface area contributed by atoms with Gasteiger partial charge in [-0.2, -0.15) is 23.7 Å². The molecule has 0 radical (unpaired) electrons. The van der Waals surface area contributed by atoms with Gasteiger partial charge in [0.15, 0.2) is 6.61 Å². The molecule has 0 bridgehead atoms. The first-order valence-electron chi connectivity index (χ1n) is 7.58. The minimum atomic E-state index is -4.52. The smallest absolute Gasteiger partial charge is 0.422 e. The number of benzene rings is 2. The normalized spacial score (nSPS) is 10.4. The quantitative estimate of drug-likeness (QED) is 0.807. The fraction of sp³-hybridized carbons (Fsp3) is 0.167. The summed E-state index contributed by atoms with van der Waals surface area (Å²) in [4.78, 5) is 12.0. The summed E-state index contributed by atoms with van der Waals surface area (Å²) < 4.78 is 41.2. The molecule has 0 fully saturated rings. The third-order valence-corrected chi connectivity index (χ3v) is 3.24. The second-order valence-corrected chi connectivity index (χ2v) is 5.32. The SMILES string of the molecule is N#Cc1ccc(NCC(=O)Nc2ccc(OCC(F)(F)F)c(C#N)c2)cc1. The molecule has 27 heavy (non-hydrogen) atoms. The number of alkyl halides is 3. The molecule has 2 rings (SSSR count). The molecule has 1 amide bonds. The number of rotatable bonds is 6. The summed E-state index contributed by atoms with van der Waals surface area (Å²) in [7, 11) is 0. The second kappa shape index (κ2) is 8.59. The molecule has 0 heterocycles. The van der Waals surface area contributed by atoms with Crippen molar-refractivity contribution in [1.82, 2.24) is 0 Å². The number of anilines is 2. The van der Waals surface area contributed by atoms with Crippen LogP contribution in [0.25, 0.3) is 0 Å². The standard InChI is InChI=1S/C18H13F3N4O2/c19-18(20,21)11-27-16-6-5-15(7-13(16)9-23)25-17(26)10-24-14-3-1-12(8-22)2-4-14/h1-7,24H,10-11H2,(H,25,26). The monoisotopic (exact) mass is 374 g/mol. The fourth-order valence-corrected chi connectivity index (χ4v) is 2.03. The van der Waals surface area contributed by atoms with Crippen molar-refractivity contribution in [1.29, 1.82) is 10.5 Å². The molecule has 0 unspecified atom stereocenters. The number of nitrogens with one attached hydrogen (secondary N) is 2. The predicted octanol–water partition coefficient (Wildman–Crippen LogP) is 3.42. The van der Waals surface area contributed by atoms with Gasteiger partial charge in [0.2, 0.25) is 5.91 Å². The average molecular weight is 374 g/mol. The van der Waals surface area contributed by atoms with Gasteiger partial charge in [0, 0.05) is 11.4 Å². The van der Waals surface area contributed by atoms with Crippen molar-refractivity contribution in [2.45, 2.75) is 6.18 Å². The minimum absolute atomic E-state index is 0.0832. The lowest BCUT2D eigenvalue weighted by Crippen LogP contribution is -2.22. The maximum absolute atomic E-state index is 12.2. The first-order valence-corrected chi connectivity index (χ1v) is 7.58. The van der Waals surface area contributed by atoms with Crippen molar-refractivity contribution < 1.29 is 22.7 Å². The van der Waals surface area contributed by atoms with Gasteiger partial charge in [-0.15, -0.1) is 0 Å². The van der Waals surface area contributed by atoms with Crippen molar-refractivity contribution in [2.75, 3.05) is 23.8 Å². The zero-order chi connectivity index (χ0) is 19.9. The summed E-state index contributed by atoms with van der Waals surface area (Å²) in [6.07, 6.45) is -4.52. The number of carbonyl (C=O) groups excluding carboxylic acids is 1. The molecule has 0 aliphatic heterocycles. The molecule has 0 atom stereocenters. The lowest BCUT2D eigenvalue weighted by Gasteiger charge is -2.12. The zero-order valence-electron chi connectivity index (χ0n) is 13.8. The Labute approximate surface area is 152 Å². The largest absolute Gasteiger partial charge is 0.483 e. The molecule has 6 nitrogen and oxygen atoms in total. The van der Waals surface area contributed by atoms with Crippen LogP contribution in [-0.2, 0) is 4.79 Å². The molecule has 9 heteroatoms. The highest BCUT2D eigenvalue weighted by molar-refractivity contribution is 5.94. The van der Waals surface area contributed by atoms with Crippen molar-refractivity contribution in [3.63, 3.8) is 0 Å². The Hall–Kier alpha value is -3.72. The zero-order valence-corrected chi connectivity index (χ0v) is 13.8. The highest BCUT2D eigenvalue weighted by atomic mass is 19.4. The number of hydrogen-bond acceptors (Lipinski definition) is 5. The second-order valence-electron chi connectivity index (χ2n) is 5.32. The number of carbonyl (C=O) groups is 1. The maximum atomic E-state index is 12.2. The molecule has 0 saturated carbocycles. The summed E-state index contributed by atoms with van der Waals surface area (Å²) in [6.45, 7) is -1.60. The highest BCUT2D eigenvalue weighted by Crippen LogP contribution is 2.24. The third-order valence-electron chi connectivity index (χ3n) is 3.24. The Kier molecular flexibility index (Phi) is 6.23. The molecule has 0 spiro atoms. The fourth-order valence-electron chi connectivity index (χ4n) is 2.03. The van der Waals surface area contributed by atoms with Gasteiger partial charge in [-0.05, 0) is 42.5 Å². The van der Waals surface area contributed by atoms with Crippen LogP contribution in [0.15, 0.2) is 42.5 Å². The van der Waals surface area contributed by atoms with Crippen LogP contribution in [0.1, 0.15) is 11.1 Å². The Balaban J connectivity index is 1.94. The molecule has 0 aliphatic rings. The Morgan fingerprint density at radius 2 is 1.70 bits per heavy atom. The molecule has 0 aliphatic carbocycles. The van der Waals surface area contributed by atoms with Gasteiger partial charge in [0.05, 0.1) is 23.7 Å². The summed E-state index contributed by atoms with van der Waals surface area (Å²) in [5.74, 6) is -0.643. The van der Waals surface area contributed by atoms with E-state index in [1.807, 2.05) is 6.07 Å². The van der Waals surface area contributed by atoms with Gasteiger partial charge in [0.1, 0.15) is 11.8 Å². The molecule has 2 aromatic rings. The summed E-state index contributed by atoms with van der Waals surface area (Å²) >= 11 is 0. The van der Waals surface area contributed by atoms with E-state index in [4.69, 9.17) is 10.5 Å². The lowest BCUT2D eigenvalue weighted by molar-refractivity contribution is -0.153. The molecule has 0 aromatic heterocycles. The Bertz CT molecular complexity index is 897. The number of nitrogens with zero attached hydrogens (tertiary/aromatic N) is 2. The van der Waals surface area contributed by atoms with Crippen LogP contribution < -0.4 is 15.4 Å². The van der Waals surface area contributed by atoms with E-state index in [1.54, 1.807) is 30.3 Å². The number of ether oxygens (including phenoxy) is 1. The molecule has 2 aromatic carbocycles. The van der Waals surface area contributed by atoms with Crippen molar-refractivity contribution in [3.8, 4) is 17.9 Å². The summed E-state index contributed by atoms with van der Waals surface area (Å²) in [6, 6.07) is 13.9. The van der Waals surface area contributed by atoms with Crippen molar-refractivity contribution in [2.24, 2.45) is 0 Å². The first-order chi connectivity index (χ1) is 12.8. The first kappa shape index (κ1) is 19.6. The van der Waals surface area contributed by atoms with E-state index < -0.39 is 18.7 Å². The van der Waals surface area contributed by atoms with Gasteiger partial charge in [0.25, 0.3) is 0 Å². The average Bonchev–Trinajstić information content (AvgIpc) is 2.65. The molecule has 2 N–H and O–H groups in total. The van der Waals surface area contributed by atoms with E-state index in [9.17, 15) is 18.0 Å². The van der Waals surface area contributed by atoms with E-state index in [2.05, 4.69) is 15.4 Å². The van der Waals surface area contributed by atoms with E-state index >= 15 is 0 Å². The van der Waals surface area contributed by atoms with Crippen molar-refractivity contribution in [3.05, 3.63) is 53.6 Å². The van der Waals surface area contributed by atoms with Gasteiger partial charge < -0.3 is 15.4 Å². The summed E-state index contributed by atoms with van der Waals surface area (Å²) in [5, 5.41) is 23.1. The van der Waals surface area contributed by atoms with Crippen LogP contribution in [0.5, 0.6) is 5.75 Å². The Morgan fingerprint density at radius 1 is 1.04 bits per heavy atom. The number of halogens is 3. The van der Waals surface area contributed by atoms with Crippen LogP contribution in [0.2, 0.25) is 0 Å². The van der Waals surface area contributed by atoms with E-state index in [0.717, 1.165) is 0 Å². The highest BCUT2D eigenvalue weighted by Gasteiger charge is 2.28. The third kappa shape index (κ3) is 6.25. The topological polar surface area (TPSA) is 97.9 Å². The minimum Gasteiger partial charge on any atom is -0.483 e. The van der Waals surface area contributed by atoms with Crippen LogP contribution >= 0.6 is 0 Å². The van der Waals surface area contributed by atoms with E-state index in [0.29, 0.717) is 11.3 Å². The van der Waals surface area contributed by atoms with E-state index in [1.165, 1.54) is 18.2 Å². The van der Waals surface area contributed by atoms with Crippen molar-refractivity contribution >= 4 is 17.3 Å². The Morgan fingerprint density at radius 3 is 2.30 bits per heavy atom. The number of nitriles is 2. The van der Waals surface area contributed by atoms with Gasteiger partial charge in [-0.1, -0.05) is 0 Å². The van der Waals surface area contributed by atoms with Crippen LogP contribution in [-0.4, -0.2) is 25.2 Å². The molecule has 0 saturated heterocycles. The summed E-state index contributed by atoms with van der Waals surface area (Å²) in [5.41, 5.74) is 1.24. The van der Waals surface area contributed by atoms with Gasteiger partial charge >= 0.3 is 6.18 Å². The van der Waals surface area contributed by atoms with Crippen LogP contribution in [0.4, 0.5) is 24.5 Å². The van der Waals surface area contributed by atoms with E-state index in [-0.39, 0.29) is 23.5 Å². The van der Waals surface area contributed by atoms with Crippen LogP contribution in [0.3, 0.4) is 0 Å². The number of amides is 1. The maximum Gasteiger partial charge on any atom is 0.422 e.